The average Bonchev–Trinajstić information content (AvgIpc) is 2.97. The zero-order chi connectivity index (χ0) is 16.4. The molecule has 23 heavy (non-hydrogen) atoms. The van der Waals surface area contributed by atoms with Crippen LogP contribution in [0.5, 0.6) is 0 Å². The molecule has 0 saturated carbocycles. The highest BCUT2D eigenvalue weighted by atomic mass is 32.1. The number of aromatic nitrogens is 3. The van der Waals surface area contributed by atoms with Crippen LogP contribution >= 0.6 is 11.3 Å². The van der Waals surface area contributed by atoms with Gasteiger partial charge >= 0.3 is 0 Å². The maximum absolute atomic E-state index is 6.28. The van der Waals surface area contributed by atoms with E-state index in [0.29, 0.717) is 5.82 Å². The summed E-state index contributed by atoms with van der Waals surface area (Å²) < 4.78 is 0.949. The summed E-state index contributed by atoms with van der Waals surface area (Å²) in [6.07, 6.45) is 3.43. The van der Waals surface area contributed by atoms with Gasteiger partial charge < -0.3 is 11.5 Å². The van der Waals surface area contributed by atoms with Crippen molar-refractivity contribution in [2.75, 3.05) is 0 Å². The Balaban J connectivity index is 2.29. The van der Waals surface area contributed by atoms with Gasteiger partial charge in [-0.2, -0.15) is 0 Å². The van der Waals surface area contributed by atoms with Gasteiger partial charge in [-0.15, -0.1) is 17.3 Å². The number of thiophene rings is 1. The summed E-state index contributed by atoms with van der Waals surface area (Å²) in [5.41, 5.74) is 15.7. The average molecular weight is 323 g/mol. The molecule has 0 aliphatic carbocycles. The maximum atomic E-state index is 6.28. The van der Waals surface area contributed by atoms with Gasteiger partial charge in [0.1, 0.15) is 5.52 Å². The molecule has 4 N–H and O–H groups in total. The predicted molar refractivity (Wildman–Crippen MR) is 93.8 cm³/mol. The van der Waals surface area contributed by atoms with E-state index in [-0.39, 0.29) is 12.1 Å². The van der Waals surface area contributed by atoms with Crippen LogP contribution in [0.1, 0.15) is 31.1 Å². The first-order chi connectivity index (χ1) is 11.1. The van der Waals surface area contributed by atoms with Crippen molar-refractivity contribution in [1.29, 1.82) is 0 Å². The number of fused-ring (bicyclic) bond motifs is 1. The van der Waals surface area contributed by atoms with E-state index < -0.39 is 0 Å². The van der Waals surface area contributed by atoms with Crippen LogP contribution in [0.25, 0.3) is 21.6 Å². The normalized spacial score (nSPS) is 13.4. The smallest absolute Gasteiger partial charge is 0.160 e. The minimum Gasteiger partial charge on any atom is -0.326 e. The summed E-state index contributed by atoms with van der Waals surface area (Å²) >= 11 is 1.55. The summed E-state index contributed by atoms with van der Waals surface area (Å²) in [6.45, 7) is 3.69. The Morgan fingerprint density at radius 3 is 2.57 bits per heavy atom. The first kappa shape index (κ1) is 15.6. The molecule has 0 amide bonds. The second kappa shape index (κ2) is 6.42. The lowest BCUT2D eigenvalue weighted by Crippen LogP contribution is -2.32. The van der Waals surface area contributed by atoms with Gasteiger partial charge in [-0.3, -0.25) is 4.98 Å². The maximum Gasteiger partial charge on any atom is 0.160 e. The zero-order valence-corrected chi connectivity index (χ0v) is 13.8. The van der Waals surface area contributed by atoms with Gasteiger partial charge in [-0.05, 0) is 26.0 Å². The van der Waals surface area contributed by atoms with E-state index in [9.17, 15) is 0 Å². The Hall–Kier alpha value is -2.33. The molecule has 3 heterocycles. The molecule has 0 saturated heterocycles. The Labute approximate surface area is 138 Å². The predicted octanol–water partition coefficient (Wildman–Crippen LogP) is 2.47. The van der Waals surface area contributed by atoms with Gasteiger partial charge in [0.05, 0.1) is 22.0 Å². The van der Waals surface area contributed by atoms with Crippen molar-refractivity contribution in [2.45, 2.75) is 25.9 Å². The highest BCUT2D eigenvalue weighted by Crippen LogP contribution is 2.32. The Kier molecular flexibility index (Phi) is 4.35. The fourth-order valence-electron chi connectivity index (χ4n) is 2.27. The third kappa shape index (κ3) is 2.94. The quantitative estimate of drug-likeness (QED) is 0.723. The van der Waals surface area contributed by atoms with Crippen LogP contribution < -0.4 is 11.5 Å². The van der Waals surface area contributed by atoms with E-state index >= 15 is 0 Å². The molecular weight excluding hydrogens is 306 g/mol. The second-order valence-electron chi connectivity index (χ2n) is 5.26. The highest BCUT2D eigenvalue weighted by molar-refractivity contribution is 7.17. The lowest BCUT2D eigenvalue weighted by molar-refractivity contribution is 0.579. The molecule has 0 aromatic carbocycles. The Bertz CT molecular complexity index is 890. The molecule has 0 fully saturated rings. The molecule has 116 valence electrons. The molecule has 3 rings (SSSR count). The summed E-state index contributed by atoms with van der Waals surface area (Å²) in [6, 6.07) is 3.18. The van der Waals surface area contributed by atoms with Crippen molar-refractivity contribution in [1.82, 2.24) is 15.0 Å². The fraction of sp³-hybridized carbons (Fsp3) is 0.235. The topological polar surface area (TPSA) is 90.7 Å². The van der Waals surface area contributed by atoms with Gasteiger partial charge in [0.15, 0.2) is 5.82 Å². The molecule has 2 unspecified atom stereocenters. The standard InChI is InChI=1S/C17H17N5S/c1-3-4-12-9-23-16-14(12)21-17(11-5-7-20-8-6-11)22-15(16)13(19)10(2)18/h5-10,13H,18-19H2,1-2H3. The van der Waals surface area contributed by atoms with E-state index in [1.807, 2.05) is 31.4 Å². The second-order valence-corrected chi connectivity index (χ2v) is 6.14. The molecule has 3 aromatic heterocycles. The van der Waals surface area contributed by atoms with Gasteiger partial charge in [-0.1, -0.05) is 5.92 Å². The highest BCUT2D eigenvalue weighted by Gasteiger charge is 2.20. The summed E-state index contributed by atoms with van der Waals surface area (Å²) in [4.78, 5) is 13.4. The Morgan fingerprint density at radius 2 is 1.91 bits per heavy atom. The number of hydrogen-bond acceptors (Lipinski definition) is 6. The van der Waals surface area contributed by atoms with Crippen LogP contribution in [0.3, 0.4) is 0 Å². The summed E-state index contributed by atoms with van der Waals surface area (Å²) in [7, 11) is 0. The van der Waals surface area contributed by atoms with Crippen LogP contribution in [0.4, 0.5) is 0 Å². The molecule has 2 atom stereocenters. The number of rotatable bonds is 3. The number of nitrogens with two attached hydrogens (primary N) is 2. The van der Waals surface area contributed by atoms with Crippen molar-refractivity contribution in [3.05, 3.63) is 41.2 Å². The van der Waals surface area contributed by atoms with E-state index in [1.54, 1.807) is 23.7 Å². The van der Waals surface area contributed by atoms with E-state index in [4.69, 9.17) is 16.5 Å². The van der Waals surface area contributed by atoms with Gasteiger partial charge in [-0.25, -0.2) is 9.97 Å². The van der Waals surface area contributed by atoms with Crippen molar-refractivity contribution in [3.8, 4) is 23.2 Å². The number of hydrogen-bond donors (Lipinski definition) is 2. The van der Waals surface area contributed by atoms with Crippen LogP contribution in [-0.2, 0) is 0 Å². The lowest BCUT2D eigenvalue weighted by Gasteiger charge is -2.16. The molecule has 3 aromatic rings. The zero-order valence-electron chi connectivity index (χ0n) is 12.9. The number of pyridine rings is 1. The van der Waals surface area contributed by atoms with Crippen molar-refractivity contribution in [2.24, 2.45) is 11.5 Å². The monoisotopic (exact) mass is 323 g/mol. The third-order valence-electron chi connectivity index (χ3n) is 3.52. The Morgan fingerprint density at radius 1 is 1.17 bits per heavy atom. The molecule has 5 nitrogen and oxygen atoms in total. The molecule has 0 aliphatic rings. The van der Waals surface area contributed by atoms with Crippen LogP contribution in [0.15, 0.2) is 29.9 Å². The van der Waals surface area contributed by atoms with Crippen LogP contribution in [0.2, 0.25) is 0 Å². The SMILES string of the molecule is CC#Cc1csc2c(C(N)C(C)N)nc(-c3ccncc3)nc12. The minimum absolute atomic E-state index is 0.207. The first-order valence-corrected chi connectivity index (χ1v) is 8.13. The molecule has 6 heteroatoms. The number of nitrogens with zero attached hydrogens (tertiary/aromatic N) is 3. The van der Waals surface area contributed by atoms with Crippen molar-refractivity contribution >= 4 is 21.6 Å². The third-order valence-corrected chi connectivity index (χ3v) is 4.51. The van der Waals surface area contributed by atoms with E-state index in [2.05, 4.69) is 21.8 Å². The minimum atomic E-state index is -0.359. The lowest BCUT2D eigenvalue weighted by atomic mass is 10.1. The van der Waals surface area contributed by atoms with Crippen molar-refractivity contribution in [3.63, 3.8) is 0 Å². The van der Waals surface area contributed by atoms with Crippen molar-refractivity contribution < 1.29 is 0 Å². The molecule has 0 aliphatic heterocycles. The fourth-order valence-corrected chi connectivity index (χ4v) is 3.24. The van der Waals surface area contributed by atoms with Crippen LogP contribution in [-0.4, -0.2) is 21.0 Å². The largest absolute Gasteiger partial charge is 0.326 e. The molecule has 0 bridgehead atoms. The van der Waals surface area contributed by atoms with Gasteiger partial charge in [0.25, 0.3) is 0 Å². The van der Waals surface area contributed by atoms with E-state index in [0.717, 1.165) is 27.0 Å². The van der Waals surface area contributed by atoms with Gasteiger partial charge in [0.2, 0.25) is 0 Å². The van der Waals surface area contributed by atoms with Crippen LogP contribution in [0, 0.1) is 11.8 Å². The molecular formula is C17H17N5S. The molecule has 0 radical (unpaired) electrons. The summed E-state index contributed by atoms with van der Waals surface area (Å²) in [5, 5.41) is 1.99. The van der Waals surface area contributed by atoms with Gasteiger partial charge in [0, 0.05) is 29.4 Å². The summed E-state index contributed by atoms with van der Waals surface area (Å²) in [5.74, 6) is 6.63. The first-order valence-electron chi connectivity index (χ1n) is 7.25. The molecule has 0 spiro atoms. The van der Waals surface area contributed by atoms with E-state index in [1.165, 1.54) is 0 Å².